The van der Waals surface area contributed by atoms with Gasteiger partial charge in [0.15, 0.2) is 0 Å². The van der Waals surface area contributed by atoms with Gasteiger partial charge in [-0.15, -0.1) is 0 Å². The van der Waals surface area contributed by atoms with Crippen LogP contribution >= 0.6 is 0 Å². The van der Waals surface area contributed by atoms with Crippen LogP contribution in [-0.4, -0.2) is 21.3 Å². The second-order valence-corrected chi connectivity index (χ2v) is 5.00. The van der Waals surface area contributed by atoms with Crippen molar-refractivity contribution in [1.82, 2.24) is 10.3 Å². The van der Waals surface area contributed by atoms with Gasteiger partial charge in [0.2, 0.25) is 0 Å². The summed E-state index contributed by atoms with van der Waals surface area (Å²) in [5, 5.41) is 20.4. The standard InChI is InChI=1S/C12H18N2O3/c1-12(2,3)10(14-11(16)17)9-6-8(7-15)4-5-13-9/h4-6,10,14-15H,7H2,1-3H3,(H,16,17). The molecule has 0 saturated heterocycles. The van der Waals surface area contributed by atoms with Crippen molar-refractivity contribution in [3.8, 4) is 0 Å². The number of pyridine rings is 1. The third-order valence-electron chi connectivity index (χ3n) is 2.46. The summed E-state index contributed by atoms with van der Waals surface area (Å²) in [4.78, 5) is 15.0. The molecule has 0 saturated carbocycles. The summed E-state index contributed by atoms with van der Waals surface area (Å²) in [5.74, 6) is 0. The van der Waals surface area contributed by atoms with Gasteiger partial charge in [-0.3, -0.25) is 4.98 Å². The lowest BCUT2D eigenvalue weighted by Crippen LogP contribution is -2.36. The molecule has 1 heterocycles. The van der Waals surface area contributed by atoms with Crippen molar-refractivity contribution in [2.75, 3.05) is 0 Å². The van der Waals surface area contributed by atoms with Crippen LogP contribution in [0.2, 0.25) is 0 Å². The van der Waals surface area contributed by atoms with Gasteiger partial charge >= 0.3 is 6.09 Å². The zero-order valence-electron chi connectivity index (χ0n) is 10.3. The first-order chi connectivity index (χ1) is 7.84. The average Bonchev–Trinajstić information content (AvgIpc) is 2.24. The molecule has 1 rings (SSSR count). The Balaban J connectivity index is 3.08. The first-order valence-electron chi connectivity index (χ1n) is 5.39. The quantitative estimate of drug-likeness (QED) is 0.751. The summed E-state index contributed by atoms with van der Waals surface area (Å²) in [6.07, 6.45) is 0.490. The molecule has 0 bridgehead atoms. The second kappa shape index (κ2) is 5.14. The van der Waals surface area contributed by atoms with E-state index >= 15 is 0 Å². The van der Waals surface area contributed by atoms with E-state index in [4.69, 9.17) is 10.2 Å². The van der Waals surface area contributed by atoms with Crippen molar-refractivity contribution in [3.05, 3.63) is 29.6 Å². The third-order valence-corrected chi connectivity index (χ3v) is 2.46. The lowest BCUT2D eigenvalue weighted by molar-refractivity contribution is 0.174. The number of aliphatic hydroxyl groups excluding tert-OH is 1. The fourth-order valence-electron chi connectivity index (χ4n) is 1.61. The molecule has 1 atom stereocenters. The van der Waals surface area contributed by atoms with Crippen LogP contribution in [-0.2, 0) is 6.61 Å². The molecule has 1 amide bonds. The largest absolute Gasteiger partial charge is 0.465 e. The van der Waals surface area contributed by atoms with Gasteiger partial charge in [0.1, 0.15) is 0 Å². The number of nitrogens with one attached hydrogen (secondary N) is 1. The van der Waals surface area contributed by atoms with Gasteiger partial charge in [0.25, 0.3) is 0 Å². The Morgan fingerprint density at radius 1 is 1.53 bits per heavy atom. The van der Waals surface area contributed by atoms with Crippen LogP contribution in [0, 0.1) is 5.41 Å². The maximum absolute atomic E-state index is 10.8. The lowest BCUT2D eigenvalue weighted by Gasteiger charge is -2.30. The van der Waals surface area contributed by atoms with Crippen LogP contribution in [0.1, 0.15) is 38.1 Å². The number of hydrogen-bond donors (Lipinski definition) is 3. The third kappa shape index (κ3) is 3.71. The number of carbonyl (C=O) groups is 1. The maximum Gasteiger partial charge on any atom is 0.405 e. The maximum atomic E-state index is 10.8. The van der Waals surface area contributed by atoms with Gasteiger partial charge < -0.3 is 15.5 Å². The van der Waals surface area contributed by atoms with Gasteiger partial charge in [-0.05, 0) is 23.1 Å². The molecule has 5 heteroatoms. The van der Waals surface area contributed by atoms with Crippen LogP contribution in [0.3, 0.4) is 0 Å². The van der Waals surface area contributed by atoms with Crippen molar-refractivity contribution in [2.24, 2.45) is 5.41 Å². The average molecular weight is 238 g/mol. The van der Waals surface area contributed by atoms with Crippen LogP contribution in [0.5, 0.6) is 0 Å². The van der Waals surface area contributed by atoms with E-state index in [1.54, 1.807) is 18.3 Å². The van der Waals surface area contributed by atoms with Gasteiger partial charge in [0, 0.05) is 6.20 Å². The molecule has 0 spiro atoms. The molecule has 5 nitrogen and oxygen atoms in total. The van der Waals surface area contributed by atoms with Crippen molar-refractivity contribution < 1.29 is 15.0 Å². The number of aliphatic hydroxyl groups is 1. The van der Waals surface area contributed by atoms with Crippen molar-refractivity contribution >= 4 is 6.09 Å². The van der Waals surface area contributed by atoms with E-state index in [2.05, 4.69) is 10.3 Å². The highest BCUT2D eigenvalue weighted by Crippen LogP contribution is 2.31. The fourth-order valence-corrected chi connectivity index (χ4v) is 1.61. The summed E-state index contributed by atoms with van der Waals surface area (Å²) < 4.78 is 0. The molecule has 0 aromatic carbocycles. The predicted molar refractivity (Wildman–Crippen MR) is 63.5 cm³/mol. The van der Waals surface area contributed by atoms with E-state index in [1.165, 1.54) is 0 Å². The predicted octanol–water partition coefficient (Wildman–Crippen LogP) is 1.93. The highest BCUT2D eigenvalue weighted by molar-refractivity contribution is 5.65. The number of aromatic nitrogens is 1. The van der Waals surface area contributed by atoms with E-state index < -0.39 is 12.1 Å². The number of carboxylic acid groups (broad SMARTS) is 1. The zero-order valence-corrected chi connectivity index (χ0v) is 10.3. The first-order valence-corrected chi connectivity index (χ1v) is 5.39. The molecule has 1 aromatic heterocycles. The Morgan fingerprint density at radius 2 is 2.18 bits per heavy atom. The highest BCUT2D eigenvalue weighted by atomic mass is 16.4. The molecular weight excluding hydrogens is 220 g/mol. The minimum atomic E-state index is -1.08. The number of rotatable bonds is 3. The molecule has 17 heavy (non-hydrogen) atoms. The minimum Gasteiger partial charge on any atom is -0.465 e. The van der Waals surface area contributed by atoms with Crippen LogP contribution in [0.15, 0.2) is 18.3 Å². The molecular formula is C12H18N2O3. The summed E-state index contributed by atoms with van der Waals surface area (Å²) in [5.41, 5.74) is 1.04. The highest BCUT2D eigenvalue weighted by Gasteiger charge is 2.29. The molecule has 1 unspecified atom stereocenters. The Bertz CT molecular complexity index is 399. The van der Waals surface area contributed by atoms with Crippen LogP contribution < -0.4 is 5.32 Å². The van der Waals surface area contributed by atoms with Gasteiger partial charge in [-0.1, -0.05) is 20.8 Å². The summed E-state index contributed by atoms with van der Waals surface area (Å²) >= 11 is 0. The smallest absolute Gasteiger partial charge is 0.405 e. The van der Waals surface area contributed by atoms with Gasteiger partial charge in [0.05, 0.1) is 18.3 Å². The summed E-state index contributed by atoms with van der Waals surface area (Å²) in [7, 11) is 0. The molecule has 0 radical (unpaired) electrons. The second-order valence-electron chi connectivity index (χ2n) is 5.00. The number of nitrogens with zero attached hydrogens (tertiary/aromatic N) is 1. The minimum absolute atomic E-state index is 0.0839. The fraction of sp³-hybridized carbons (Fsp3) is 0.500. The topological polar surface area (TPSA) is 82.5 Å². The number of hydrogen-bond acceptors (Lipinski definition) is 3. The molecule has 0 aliphatic heterocycles. The van der Waals surface area contributed by atoms with E-state index in [9.17, 15) is 4.79 Å². The summed E-state index contributed by atoms with van der Waals surface area (Å²) in [6.45, 7) is 5.71. The molecule has 0 fully saturated rings. The van der Waals surface area contributed by atoms with E-state index in [1.807, 2.05) is 20.8 Å². The molecule has 3 N–H and O–H groups in total. The van der Waals surface area contributed by atoms with Crippen molar-refractivity contribution in [2.45, 2.75) is 33.4 Å². The molecule has 1 aromatic rings. The Morgan fingerprint density at radius 3 is 2.65 bits per heavy atom. The lowest BCUT2D eigenvalue weighted by atomic mass is 9.84. The van der Waals surface area contributed by atoms with E-state index in [-0.39, 0.29) is 12.0 Å². The zero-order chi connectivity index (χ0) is 13.1. The van der Waals surface area contributed by atoms with E-state index in [0.29, 0.717) is 5.69 Å². The Labute approximate surface area is 101 Å². The van der Waals surface area contributed by atoms with Crippen LogP contribution in [0.4, 0.5) is 4.79 Å². The first kappa shape index (κ1) is 13.4. The monoisotopic (exact) mass is 238 g/mol. The van der Waals surface area contributed by atoms with Crippen molar-refractivity contribution in [3.63, 3.8) is 0 Å². The Hall–Kier alpha value is -1.62. The molecule has 0 aliphatic rings. The van der Waals surface area contributed by atoms with Gasteiger partial charge in [-0.2, -0.15) is 0 Å². The number of amides is 1. The van der Waals surface area contributed by atoms with Gasteiger partial charge in [-0.25, -0.2) is 4.79 Å². The Kier molecular flexibility index (Phi) is 4.07. The SMILES string of the molecule is CC(C)(C)C(NC(=O)O)c1cc(CO)ccn1. The van der Waals surface area contributed by atoms with Crippen LogP contribution in [0.25, 0.3) is 0 Å². The summed E-state index contributed by atoms with van der Waals surface area (Å²) in [6, 6.07) is 3.00. The normalized spacial score (nSPS) is 13.2. The van der Waals surface area contributed by atoms with Crippen molar-refractivity contribution in [1.29, 1.82) is 0 Å². The molecule has 94 valence electrons. The van der Waals surface area contributed by atoms with E-state index in [0.717, 1.165) is 5.56 Å². The molecule has 0 aliphatic carbocycles.